The highest BCUT2D eigenvalue weighted by atomic mass is 31.2. The van der Waals surface area contributed by atoms with Crippen molar-refractivity contribution in [1.82, 2.24) is 0 Å². The van der Waals surface area contributed by atoms with Crippen molar-refractivity contribution in [3.8, 4) is 0 Å². The molecule has 0 amide bonds. The Kier molecular flexibility index (Phi) is 10.9. The van der Waals surface area contributed by atoms with Crippen LogP contribution in [0.2, 0.25) is 0 Å². The molecule has 0 unspecified atom stereocenters. The molecule has 0 saturated heterocycles. The van der Waals surface area contributed by atoms with E-state index in [4.69, 9.17) is 0 Å². The molecule has 0 heterocycles. The van der Waals surface area contributed by atoms with Crippen molar-refractivity contribution >= 4 is 7.26 Å². The summed E-state index contributed by atoms with van der Waals surface area (Å²) >= 11 is 0. The summed E-state index contributed by atoms with van der Waals surface area (Å²) in [6.45, 7) is 9.61. The van der Waals surface area contributed by atoms with Gasteiger partial charge in [0.25, 0.3) is 0 Å². The Morgan fingerprint density at radius 1 is 0.769 bits per heavy atom. The molecule has 0 aliphatic rings. The van der Waals surface area contributed by atoms with Crippen LogP contribution in [0.4, 0.5) is 4.70 Å². The van der Waals surface area contributed by atoms with E-state index in [2.05, 4.69) is 26.9 Å². The molecule has 0 nitrogen and oxygen atoms in total. The van der Waals surface area contributed by atoms with Crippen molar-refractivity contribution in [3.63, 3.8) is 0 Å². The zero-order valence-corrected chi connectivity index (χ0v) is 10.7. The Morgan fingerprint density at radius 2 is 1.23 bits per heavy atom. The van der Waals surface area contributed by atoms with Crippen LogP contribution in [0.15, 0.2) is 0 Å². The van der Waals surface area contributed by atoms with Gasteiger partial charge in [-0.05, 0) is 12.8 Å². The smallest absolute Gasteiger partial charge is 0.0586 e. The van der Waals surface area contributed by atoms with Gasteiger partial charge in [-0.1, -0.05) is 32.6 Å². The molecule has 0 bridgehead atoms. The van der Waals surface area contributed by atoms with Gasteiger partial charge in [0, 0.05) is 27.3 Å². The number of hydrogen-bond acceptors (Lipinski definition) is 0. The normalized spacial score (nSPS) is 11.1. The van der Waals surface area contributed by atoms with E-state index in [9.17, 15) is 0 Å². The highest BCUT2D eigenvalue weighted by molar-refractivity contribution is 7.73. The molecule has 0 radical (unpaired) electrons. The van der Waals surface area contributed by atoms with E-state index in [0.717, 1.165) is 0 Å². The lowest BCUT2D eigenvalue weighted by Gasteiger charge is -2.10. The summed E-state index contributed by atoms with van der Waals surface area (Å²) in [6, 6.07) is 0. The average molecular weight is 209 g/mol. The molecule has 0 N–H and O–H groups in total. The number of rotatable bonds is 7. The standard InChI is InChI=1S/C11H26P.FH/c1-5-6-7-8-9-10-11-12(2,3)4;/h5-11H2,1-4H3;1H/q+1;. The highest BCUT2D eigenvalue weighted by Crippen LogP contribution is 2.47. The minimum atomic E-state index is -0.471. The molecule has 0 fully saturated rings. The van der Waals surface area contributed by atoms with E-state index in [0.29, 0.717) is 0 Å². The number of halogens is 1. The second-order valence-corrected chi connectivity index (χ2v) is 9.81. The summed E-state index contributed by atoms with van der Waals surface area (Å²) in [7, 11) is -0.471. The van der Waals surface area contributed by atoms with Crippen LogP contribution in [0.1, 0.15) is 45.4 Å². The Labute approximate surface area is 84.2 Å². The van der Waals surface area contributed by atoms with Crippen LogP contribution >= 0.6 is 7.26 Å². The number of unbranched alkanes of at least 4 members (excludes halogenated alkanes) is 5. The van der Waals surface area contributed by atoms with Crippen molar-refractivity contribution in [2.45, 2.75) is 45.4 Å². The first-order valence-corrected chi connectivity index (χ1v) is 8.68. The van der Waals surface area contributed by atoms with E-state index in [1.807, 2.05) is 0 Å². The lowest BCUT2D eigenvalue weighted by Crippen LogP contribution is -1.92. The molecule has 0 spiro atoms. The molecule has 0 rings (SSSR count). The fourth-order valence-corrected chi connectivity index (χ4v) is 2.54. The zero-order valence-electron chi connectivity index (χ0n) is 9.81. The first-order valence-electron chi connectivity index (χ1n) is 5.36. The summed E-state index contributed by atoms with van der Waals surface area (Å²) in [6.07, 6.45) is 10.2. The predicted octanol–water partition coefficient (Wildman–Crippen LogP) is 4.41. The average Bonchev–Trinajstić information content (AvgIpc) is 1.94. The molecule has 0 atom stereocenters. The van der Waals surface area contributed by atoms with Crippen molar-refractivity contribution < 1.29 is 4.70 Å². The van der Waals surface area contributed by atoms with Gasteiger partial charge in [0.1, 0.15) is 0 Å². The van der Waals surface area contributed by atoms with Crippen molar-refractivity contribution in [1.29, 1.82) is 0 Å². The lowest BCUT2D eigenvalue weighted by molar-refractivity contribution is 0.626. The molecule has 2 heteroatoms. The Bertz CT molecular complexity index is 96.8. The summed E-state index contributed by atoms with van der Waals surface area (Å²) in [5.41, 5.74) is 0. The first-order chi connectivity index (χ1) is 5.56. The van der Waals surface area contributed by atoms with Crippen LogP contribution in [0.25, 0.3) is 0 Å². The minimum absolute atomic E-state index is 0. The van der Waals surface area contributed by atoms with Crippen LogP contribution in [0.5, 0.6) is 0 Å². The second kappa shape index (κ2) is 8.94. The van der Waals surface area contributed by atoms with Crippen LogP contribution < -0.4 is 0 Å². The first kappa shape index (κ1) is 15.8. The summed E-state index contributed by atoms with van der Waals surface area (Å²) in [5, 5.41) is 0. The van der Waals surface area contributed by atoms with Gasteiger partial charge in [0.2, 0.25) is 0 Å². The van der Waals surface area contributed by atoms with Crippen molar-refractivity contribution in [2.75, 3.05) is 26.2 Å². The molecular weight excluding hydrogens is 182 g/mol. The van der Waals surface area contributed by atoms with E-state index in [1.54, 1.807) is 0 Å². The van der Waals surface area contributed by atoms with Crippen LogP contribution in [-0.2, 0) is 0 Å². The van der Waals surface area contributed by atoms with Gasteiger partial charge in [0.05, 0.1) is 6.16 Å². The Balaban J connectivity index is 0. The third-order valence-electron chi connectivity index (χ3n) is 2.18. The molecular formula is C11H27FP+. The molecule has 13 heavy (non-hydrogen) atoms. The van der Waals surface area contributed by atoms with Crippen LogP contribution in [-0.4, -0.2) is 26.2 Å². The summed E-state index contributed by atoms with van der Waals surface area (Å²) < 4.78 is 0. The summed E-state index contributed by atoms with van der Waals surface area (Å²) in [5.74, 6) is 0. The largest absolute Gasteiger partial charge is 0.269 e. The Morgan fingerprint density at radius 3 is 1.69 bits per heavy atom. The summed E-state index contributed by atoms with van der Waals surface area (Å²) in [4.78, 5) is 0. The van der Waals surface area contributed by atoms with Gasteiger partial charge in [-0.2, -0.15) is 0 Å². The van der Waals surface area contributed by atoms with Gasteiger partial charge >= 0.3 is 0 Å². The fourth-order valence-electron chi connectivity index (χ4n) is 1.37. The molecule has 0 aliphatic carbocycles. The molecule has 0 saturated carbocycles. The maximum absolute atomic E-state index is 2.44. The van der Waals surface area contributed by atoms with E-state index in [1.165, 1.54) is 44.7 Å². The molecule has 0 aliphatic heterocycles. The highest BCUT2D eigenvalue weighted by Gasteiger charge is 2.15. The SMILES string of the molecule is CCCCCCCC[P+](C)(C)C.F. The third kappa shape index (κ3) is 15.1. The predicted molar refractivity (Wildman–Crippen MR) is 65.4 cm³/mol. The van der Waals surface area contributed by atoms with Gasteiger partial charge in [0.15, 0.2) is 0 Å². The van der Waals surface area contributed by atoms with E-state index >= 15 is 0 Å². The van der Waals surface area contributed by atoms with Crippen molar-refractivity contribution in [2.24, 2.45) is 0 Å². The molecule has 82 valence electrons. The van der Waals surface area contributed by atoms with Crippen LogP contribution in [0.3, 0.4) is 0 Å². The monoisotopic (exact) mass is 209 g/mol. The minimum Gasteiger partial charge on any atom is -0.269 e. The molecule has 0 aromatic rings. The van der Waals surface area contributed by atoms with Gasteiger partial charge in [-0.15, -0.1) is 0 Å². The maximum Gasteiger partial charge on any atom is 0.0586 e. The van der Waals surface area contributed by atoms with Crippen LogP contribution in [0, 0.1) is 0 Å². The quantitative estimate of drug-likeness (QED) is 0.430. The van der Waals surface area contributed by atoms with Gasteiger partial charge in [-0.25, -0.2) is 0 Å². The van der Waals surface area contributed by atoms with E-state index in [-0.39, 0.29) is 4.70 Å². The molecule has 0 aromatic heterocycles. The van der Waals surface area contributed by atoms with Gasteiger partial charge < -0.3 is 0 Å². The zero-order chi connectivity index (χ0) is 9.45. The maximum atomic E-state index is 2.44. The molecule has 0 aromatic carbocycles. The topological polar surface area (TPSA) is 0 Å². The van der Waals surface area contributed by atoms with E-state index < -0.39 is 7.26 Å². The second-order valence-electron chi connectivity index (χ2n) is 4.78. The fraction of sp³-hybridized carbons (Fsp3) is 1.00. The number of hydrogen-bond donors (Lipinski definition) is 0. The van der Waals surface area contributed by atoms with Crippen molar-refractivity contribution in [3.05, 3.63) is 0 Å². The van der Waals surface area contributed by atoms with Gasteiger partial charge in [-0.3, -0.25) is 4.70 Å². The lowest BCUT2D eigenvalue weighted by atomic mass is 10.1. The Hall–Kier alpha value is 0.360. The third-order valence-corrected chi connectivity index (χ3v) is 3.84.